The molecule has 0 radical (unpaired) electrons. The van der Waals surface area contributed by atoms with Gasteiger partial charge in [0.15, 0.2) is 11.6 Å². The maximum atomic E-state index is 15.0. The van der Waals surface area contributed by atoms with Crippen LogP contribution in [0.2, 0.25) is 0 Å². The number of hydrogen-bond acceptors (Lipinski definition) is 3. The largest absolute Gasteiger partial charge is 0.373 e. The fraction of sp³-hybridized carbons (Fsp3) is 0.0769. The van der Waals surface area contributed by atoms with Crippen LogP contribution in [0.5, 0.6) is 5.75 Å². The second-order valence-corrected chi connectivity index (χ2v) is 8.89. The fourth-order valence-electron chi connectivity index (χ4n) is 3.69. The van der Waals surface area contributed by atoms with Crippen LogP contribution in [-0.4, -0.2) is 8.42 Å². The molecular weight excluding hydrogens is 430 g/mol. The van der Waals surface area contributed by atoms with Crippen molar-refractivity contribution in [1.82, 2.24) is 0 Å². The van der Waals surface area contributed by atoms with Crippen molar-refractivity contribution in [2.75, 3.05) is 0 Å². The van der Waals surface area contributed by atoms with Crippen LogP contribution in [0.1, 0.15) is 28.2 Å². The highest BCUT2D eigenvalue weighted by Crippen LogP contribution is 2.36. The van der Waals surface area contributed by atoms with E-state index in [1.807, 2.05) is 60.7 Å². The molecule has 4 rings (SSSR count). The molecule has 3 nitrogen and oxygen atoms in total. The van der Waals surface area contributed by atoms with E-state index in [1.54, 1.807) is 19.1 Å². The maximum Gasteiger partial charge on any atom is 0.339 e. The van der Waals surface area contributed by atoms with Crippen LogP contribution in [0.3, 0.4) is 0 Å². The molecule has 6 heteroatoms. The first-order valence-electron chi connectivity index (χ1n) is 9.96. The summed E-state index contributed by atoms with van der Waals surface area (Å²) in [5.74, 6) is -3.57. The lowest BCUT2D eigenvalue weighted by Gasteiger charge is -2.20. The summed E-state index contributed by atoms with van der Waals surface area (Å²) >= 11 is 0. The number of halogens is 2. The predicted molar refractivity (Wildman–Crippen MR) is 119 cm³/mol. The van der Waals surface area contributed by atoms with E-state index in [0.29, 0.717) is 11.1 Å². The van der Waals surface area contributed by atoms with Crippen LogP contribution in [-0.2, 0) is 10.1 Å². The van der Waals surface area contributed by atoms with E-state index in [4.69, 9.17) is 4.18 Å². The molecular formula is C26H20F2O3S. The van der Waals surface area contributed by atoms with Gasteiger partial charge in [-0.25, -0.2) is 8.78 Å². The third-order valence-corrected chi connectivity index (χ3v) is 6.56. The number of benzene rings is 4. The van der Waals surface area contributed by atoms with Gasteiger partial charge in [0.05, 0.1) is 0 Å². The van der Waals surface area contributed by atoms with Crippen LogP contribution in [0.25, 0.3) is 0 Å². The lowest BCUT2D eigenvalue weighted by Crippen LogP contribution is -2.14. The first kappa shape index (κ1) is 21.7. The summed E-state index contributed by atoms with van der Waals surface area (Å²) in [6, 6.07) is 27.0. The normalized spacial score (nSPS) is 11.5. The Balaban J connectivity index is 1.77. The van der Waals surface area contributed by atoms with Crippen LogP contribution >= 0.6 is 0 Å². The molecule has 32 heavy (non-hydrogen) atoms. The third-order valence-electron chi connectivity index (χ3n) is 5.18. The highest BCUT2D eigenvalue weighted by molar-refractivity contribution is 7.87. The van der Waals surface area contributed by atoms with E-state index in [-0.39, 0.29) is 4.90 Å². The minimum atomic E-state index is -4.41. The standard InChI is InChI=1S/C26H20F2O3S/c1-18-10-8-9-15-24(18)32(29,30)31-26-22(27)16-21(17-23(26)28)25(19-11-4-2-5-12-19)20-13-6-3-7-14-20/h2-17,25H,1H3. The van der Waals surface area contributed by atoms with Crippen LogP contribution in [0.15, 0.2) is 102 Å². The Morgan fingerprint density at radius 1 is 0.688 bits per heavy atom. The van der Waals surface area contributed by atoms with Crippen molar-refractivity contribution in [2.24, 2.45) is 0 Å². The van der Waals surface area contributed by atoms with Gasteiger partial charge in [0, 0.05) is 5.92 Å². The lowest BCUT2D eigenvalue weighted by atomic mass is 9.85. The Kier molecular flexibility index (Phi) is 6.06. The molecule has 0 fully saturated rings. The van der Waals surface area contributed by atoms with Crippen molar-refractivity contribution in [3.63, 3.8) is 0 Å². The minimum absolute atomic E-state index is 0.144. The highest BCUT2D eigenvalue weighted by Gasteiger charge is 2.26. The van der Waals surface area contributed by atoms with Crippen molar-refractivity contribution < 1.29 is 21.4 Å². The highest BCUT2D eigenvalue weighted by atomic mass is 32.2. The van der Waals surface area contributed by atoms with Gasteiger partial charge in [-0.15, -0.1) is 0 Å². The van der Waals surface area contributed by atoms with E-state index in [1.165, 1.54) is 12.1 Å². The first-order valence-corrected chi connectivity index (χ1v) is 11.4. The molecule has 0 aromatic heterocycles. The van der Waals surface area contributed by atoms with Crippen molar-refractivity contribution in [3.05, 3.63) is 131 Å². The molecule has 0 aliphatic heterocycles. The minimum Gasteiger partial charge on any atom is -0.373 e. The van der Waals surface area contributed by atoms with Gasteiger partial charge in [0.25, 0.3) is 0 Å². The van der Waals surface area contributed by atoms with E-state index in [0.717, 1.165) is 23.3 Å². The molecule has 0 unspecified atom stereocenters. The zero-order valence-corrected chi connectivity index (χ0v) is 18.0. The van der Waals surface area contributed by atoms with Gasteiger partial charge < -0.3 is 4.18 Å². The molecule has 162 valence electrons. The lowest BCUT2D eigenvalue weighted by molar-refractivity contribution is 0.432. The maximum absolute atomic E-state index is 15.0. The Labute approximate surface area is 186 Å². The second-order valence-electron chi connectivity index (χ2n) is 7.37. The molecule has 0 spiro atoms. The molecule has 4 aromatic rings. The van der Waals surface area contributed by atoms with Crippen LogP contribution in [0.4, 0.5) is 8.78 Å². The Morgan fingerprint density at radius 2 is 1.16 bits per heavy atom. The van der Waals surface area contributed by atoms with Gasteiger partial charge in [-0.05, 0) is 47.4 Å². The summed E-state index contributed by atoms with van der Waals surface area (Å²) in [4.78, 5) is -0.144. The quantitative estimate of drug-likeness (QED) is 0.259. The molecule has 0 saturated heterocycles. The predicted octanol–water partition coefficient (Wildman–Crippen LogP) is 6.22. The second kappa shape index (κ2) is 8.93. The smallest absolute Gasteiger partial charge is 0.339 e. The van der Waals surface area contributed by atoms with Gasteiger partial charge in [-0.3, -0.25) is 0 Å². The summed E-state index contributed by atoms with van der Waals surface area (Å²) in [6.07, 6.45) is 0. The van der Waals surface area contributed by atoms with Crippen molar-refractivity contribution >= 4 is 10.1 Å². The topological polar surface area (TPSA) is 43.4 Å². The molecule has 0 atom stereocenters. The van der Waals surface area contributed by atoms with Crippen molar-refractivity contribution in [3.8, 4) is 5.75 Å². The number of rotatable bonds is 6. The van der Waals surface area contributed by atoms with E-state index in [9.17, 15) is 8.42 Å². The van der Waals surface area contributed by atoms with Gasteiger partial charge in [0.1, 0.15) is 4.90 Å². The molecule has 0 bridgehead atoms. The molecule has 4 aromatic carbocycles. The summed E-state index contributed by atoms with van der Waals surface area (Å²) in [5, 5.41) is 0. The Hall–Kier alpha value is -3.51. The van der Waals surface area contributed by atoms with Crippen LogP contribution in [0, 0.1) is 18.6 Å². The summed E-state index contributed by atoms with van der Waals surface area (Å²) in [7, 11) is -4.41. The molecule has 0 N–H and O–H groups in total. The monoisotopic (exact) mass is 450 g/mol. The molecule has 0 heterocycles. The fourth-order valence-corrected chi connectivity index (χ4v) is 4.86. The van der Waals surface area contributed by atoms with Gasteiger partial charge in [-0.2, -0.15) is 8.42 Å². The van der Waals surface area contributed by atoms with E-state index >= 15 is 8.78 Å². The van der Waals surface area contributed by atoms with Crippen molar-refractivity contribution in [1.29, 1.82) is 0 Å². The SMILES string of the molecule is Cc1ccccc1S(=O)(=O)Oc1c(F)cc(C(c2ccccc2)c2ccccc2)cc1F. The molecule has 0 amide bonds. The van der Waals surface area contributed by atoms with Crippen LogP contribution < -0.4 is 4.18 Å². The molecule has 0 aliphatic rings. The Bertz CT molecular complexity index is 1280. The van der Waals surface area contributed by atoms with Crippen molar-refractivity contribution in [2.45, 2.75) is 17.7 Å². The Morgan fingerprint density at radius 3 is 1.66 bits per heavy atom. The number of hydrogen-bond donors (Lipinski definition) is 0. The summed E-state index contributed by atoms with van der Waals surface area (Å²) in [5.41, 5.74) is 2.45. The average Bonchev–Trinajstić information content (AvgIpc) is 2.78. The number of aryl methyl sites for hydroxylation is 1. The average molecular weight is 451 g/mol. The van der Waals surface area contributed by atoms with Gasteiger partial charge >= 0.3 is 10.1 Å². The summed E-state index contributed by atoms with van der Waals surface area (Å²) < 4.78 is 60.2. The van der Waals surface area contributed by atoms with Gasteiger partial charge in [-0.1, -0.05) is 78.9 Å². The molecule has 0 aliphatic carbocycles. The zero-order chi connectivity index (χ0) is 22.7. The first-order chi connectivity index (χ1) is 15.4. The van der Waals surface area contributed by atoms with E-state index in [2.05, 4.69) is 0 Å². The zero-order valence-electron chi connectivity index (χ0n) is 17.2. The van der Waals surface area contributed by atoms with Gasteiger partial charge in [0.2, 0.25) is 5.75 Å². The molecule has 0 saturated carbocycles. The third kappa shape index (κ3) is 4.41. The van der Waals surface area contributed by atoms with E-state index < -0.39 is 33.4 Å². The summed E-state index contributed by atoms with van der Waals surface area (Å²) in [6.45, 7) is 1.58.